The predicted octanol–water partition coefficient (Wildman–Crippen LogP) is -0.549. The van der Waals surface area contributed by atoms with Gasteiger partial charge in [-0.15, -0.1) is 0 Å². The topological polar surface area (TPSA) is 113 Å². The van der Waals surface area contributed by atoms with Crippen LogP contribution in [0.5, 0.6) is 0 Å². The molecule has 0 aromatic heterocycles. The fourth-order valence-corrected chi connectivity index (χ4v) is 4.34. The van der Waals surface area contributed by atoms with Crippen molar-refractivity contribution in [3.63, 3.8) is 0 Å². The van der Waals surface area contributed by atoms with E-state index in [9.17, 15) is 22.8 Å². The number of imide groups is 1. The molecule has 1 aromatic rings. The molecule has 0 aliphatic carbocycles. The molecule has 2 aliphatic heterocycles. The molecular formula is C17H21N3O6S. The van der Waals surface area contributed by atoms with E-state index < -0.39 is 27.7 Å². The van der Waals surface area contributed by atoms with Gasteiger partial charge in [-0.1, -0.05) is 12.1 Å². The van der Waals surface area contributed by atoms with E-state index in [1.54, 1.807) is 24.3 Å². The van der Waals surface area contributed by atoms with Crippen molar-refractivity contribution < 1.29 is 27.5 Å². The smallest absolute Gasteiger partial charge is 0.261 e. The molecule has 0 radical (unpaired) electrons. The van der Waals surface area contributed by atoms with Crippen LogP contribution in [0.4, 0.5) is 0 Å². The first-order chi connectivity index (χ1) is 12.9. The van der Waals surface area contributed by atoms with Crippen LogP contribution in [0.1, 0.15) is 27.1 Å². The minimum Gasteiger partial charge on any atom is -0.379 e. The summed E-state index contributed by atoms with van der Waals surface area (Å²) in [5.74, 6) is -1.45. The first kappa shape index (κ1) is 19.5. The Morgan fingerprint density at radius 3 is 2.26 bits per heavy atom. The van der Waals surface area contributed by atoms with E-state index in [1.807, 2.05) is 0 Å². The van der Waals surface area contributed by atoms with Crippen molar-refractivity contribution in [2.24, 2.45) is 0 Å². The van der Waals surface area contributed by atoms with Crippen LogP contribution in [0.3, 0.4) is 0 Å². The van der Waals surface area contributed by atoms with Gasteiger partial charge in [0.1, 0.15) is 0 Å². The summed E-state index contributed by atoms with van der Waals surface area (Å²) in [5, 5.41) is 2.53. The molecule has 0 unspecified atom stereocenters. The number of benzene rings is 1. The Labute approximate surface area is 157 Å². The molecule has 1 aromatic carbocycles. The van der Waals surface area contributed by atoms with Crippen molar-refractivity contribution in [1.29, 1.82) is 0 Å². The molecule has 3 amide bonds. The number of carbonyl (C=O) groups excluding carboxylic acids is 3. The van der Waals surface area contributed by atoms with Crippen LogP contribution in [0, 0.1) is 0 Å². The Hall–Kier alpha value is -2.30. The van der Waals surface area contributed by atoms with E-state index in [-0.39, 0.29) is 25.3 Å². The number of sulfonamides is 1. The first-order valence-electron chi connectivity index (χ1n) is 8.67. The third-order valence-corrected chi connectivity index (χ3v) is 6.36. The molecule has 0 atom stereocenters. The lowest BCUT2D eigenvalue weighted by Gasteiger charge is -2.26. The van der Waals surface area contributed by atoms with Crippen molar-refractivity contribution in [2.45, 2.75) is 6.42 Å². The highest BCUT2D eigenvalue weighted by atomic mass is 32.2. The quantitative estimate of drug-likeness (QED) is 0.620. The number of nitrogens with one attached hydrogen (secondary N) is 1. The van der Waals surface area contributed by atoms with Gasteiger partial charge in [0.25, 0.3) is 11.8 Å². The highest BCUT2D eigenvalue weighted by Crippen LogP contribution is 2.22. The monoisotopic (exact) mass is 395 g/mol. The molecule has 0 saturated carbocycles. The molecule has 0 spiro atoms. The number of carbonyl (C=O) groups is 3. The van der Waals surface area contributed by atoms with E-state index in [2.05, 4.69) is 5.32 Å². The van der Waals surface area contributed by atoms with E-state index in [0.717, 1.165) is 4.90 Å². The number of morpholine rings is 1. The van der Waals surface area contributed by atoms with Crippen LogP contribution < -0.4 is 5.32 Å². The lowest BCUT2D eigenvalue weighted by Crippen LogP contribution is -2.44. The van der Waals surface area contributed by atoms with Crippen molar-refractivity contribution in [1.82, 2.24) is 14.5 Å². The number of hydrogen-bond donors (Lipinski definition) is 1. The van der Waals surface area contributed by atoms with Gasteiger partial charge in [0.2, 0.25) is 15.9 Å². The normalized spacial score (nSPS) is 17.9. The third-order valence-electron chi connectivity index (χ3n) is 4.49. The Bertz CT molecular complexity index is 813. The molecule has 146 valence electrons. The number of amides is 3. The summed E-state index contributed by atoms with van der Waals surface area (Å²) < 4.78 is 30.8. The van der Waals surface area contributed by atoms with Gasteiger partial charge >= 0.3 is 0 Å². The molecular weight excluding hydrogens is 374 g/mol. The zero-order valence-corrected chi connectivity index (χ0v) is 15.5. The summed E-state index contributed by atoms with van der Waals surface area (Å²) in [5.41, 5.74) is 0.666. The van der Waals surface area contributed by atoms with Gasteiger partial charge in [-0.25, -0.2) is 8.42 Å². The van der Waals surface area contributed by atoms with Crippen molar-refractivity contribution in [2.75, 3.05) is 45.1 Å². The lowest BCUT2D eigenvalue weighted by atomic mass is 10.1. The number of nitrogens with zero attached hydrogens (tertiary/aromatic N) is 2. The van der Waals surface area contributed by atoms with Gasteiger partial charge in [0.15, 0.2) is 0 Å². The second kappa shape index (κ2) is 8.15. The highest BCUT2D eigenvalue weighted by molar-refractivity contribution is 7.89. The molecule has 1 saturated heterocycles. The zero-order valence-electron chi connectivity index (χ0n) is 14.7. The van der Waals surface area contributed by atoms with Crippen molar-refractivity contribution >= 4 is 27.7 Å². The van der Waals surface area contributed by atoms with Gasteiger partial charge in [-0.2, -0.15) is 4.31 Å². The van der Waals surface area contributed by atoms with Crippen LogP contribution in [0.25, 0.3) is 0 Å². The van der Waals surface area contributed by atoms with E-state index >= 15 is 0 Å². The first-order valence-corrected chi connectivity index (χ1v) is 10.3. The summed E-state index contributed by atoms with van der Waals surface area (Å²) in [6.45, 7) is 1.29. The van der Waals surface area contributed by atoms with Crippen molar-refractivity contribution in [3.8, 4) is 0 Å². The molecule has 2 heterocycles. The SMILES string of the molecule is O=C(CCN1C(=O)c2ccccc2C1=O)NCCS(=O)(=O)N1CCOCC1. The minimum absolute atomic E-state index is 0.0271. The average Bonchev–Trinajstić information content (AvgIpc) is 2.91. The van der Waals surface area contributed by atoms with Crippen LogP contribution in [0.15, 0.2) is 24.3 Å². The summed E-state index contributed by atoms with van der Waals surface area (Å²) in [6, 6.07) is 6.50. The standard InChI is InChI=1S/C17H21N3O6S/c21-15(18-6-12-27(24,25)19-8-10-26-11-9-19)5-7-20-16(22)13-3-1-2-4-14(13)17(20)23/h1-4H,5-12H2,(H,18,21). The Kier molecular flexibility index (Phi) is 5.88. The molecule has 3 rings (SSSR count). The maximum absolute atomic E-state index is 12.2. The third kappa shape index (κ3) is 4.34. The number of ether oxygens (including phenoxy) is 1. The molecule has 10 heteroatoms. The molecule has 2 aliphatic rings. The zero-order chi connectivity index (χ0) is 19.4. The molecule has 1 fully saturated rings. The summed E-state index contributed by atoms with van der Waals surface area (Å²) in [7, 11) is -3.44. The number of fused-ring (bicyclic) bond motifs is 1. The Balaban J connectivity index is 1.44. The van der Waals surface area contributed by atoms with Crippen LogP contribution in [-0.4, -0.2) is 80.5 Å². The molecule has 1 N–H and O–H groups in total. The number of rotatable bonds is 7. The van der Waals surface area contributed by atoms with Crippen LogP contribution in [0.2, 0.25) is 0 Å². The number of hydrogen-bond acceptors (Lipinski definition) is 6. The maximum atomic E-state index is 12.2. The summed E-state index contributed by atoms with van der Waals surface area (Å²) in [6.07, 6.45) is -0.0803. The average molecular weight is 395 g/mol. The van der Waals surface area contributed by atoms with Crippen LogP contribution >= 0.6 is 0 Å². The Morgan fingerprint density at radius 2 is 1.67 bits per heavy atom. The van der Waals surface area contributed by atoms with Gasteiger partial charge in [-0.05, 0) is 12.1 Å². The molecule has 0 bridgehead atoms. The van der Waals surface area contributed by atoms with Gasteiger partial charge in [0.05, 0.1) is 30.1 Å². The van der Waals surface area contributed by atoms with Crippen LogP contribution in [-0.2, 0) is 19.6 Å². The Morgan fingerprint density at radius 1 is 1.07 bits per heavy atom. The maximum Gasteiger partial charge on any atom is 0.261 e. The minimum atomic E-state index is -3.44. The predicted molar refractivity (Wildman–Crippen MR) is 95.6 cm³/mol. The largest absolute Gasteiger partial charge is 0.379 e. The highest BCUT2D eigenvalue weighted by Gasteiger charge is 2.35. The summed E-state index contributed by atoms with van der Waals surface area (Å²) >= 11 is 0. The molecule has 27 heavy (non-hydrogen) atoms. The van der Waals surface area contributed by atoms with Crippen molar-refractivity contribution in [3.05, 3.63) is 35.4 Å². The van der Waals surface area contributed by atoms with Gasteiger partial charge in [0, 0.05) is 32.6 Å². The second-order valence-electron chi connectivity index (χ2n) is 6.23. The van der Waals surface area contributed by atoms with Gasteiger partial charge < -0.3 is 10.1 Å². The van der Waals surface area contributed by atoms with Gasteiger partial charge in [-0.3, -0.25) is 19.3 Å². The van der Waals surface area contributed by atoms with E-state index in [4.69, 9.17) is 4.74 Å². The van der Waals surface area contributed by atoms with E-state index in [0.29, 0.717) is 37.4 Å². The fourth-order valence-electron chi connectivity index (χ4n) is 3.02. The lowest BCUT2D eigenvalue weighted by molar-refractivity contribution is -0.121. The second-order valence-corrected chi connectivity index (χ2v) is 8.32. The molecule has 9 nitrogen and oxygen atoms in total. The fraction of sp³-hybridized carbons (Fsp3) is 0.471. The summed E-state index contributed by atoms with van der Waals surface area (Å²) in [4.78, 5) is 37.4. The van der Waals surface area contributed by atoms with E-state index in [1.165, 1.54) is 4.31 Å².